The largest absolute Gasteiger partial charge is 0.473 e. The zero-order chi connectivity index (χ0) is 23.7. The van der Waals surface area contributed by atoms with Crippen LogP contribution in [0, 0.1) is 0 Å². The van der Waals surface area contributed by atoms with Crippen LogP contribution in [0.1, 0.15) is 6.42 Å². The predicted octanol–water partition coefficient (Wildman–Crippen LogP) is 3.86. The van der Waals surface area contributed by atoms with Crippen LogP contribution in [0.4, 0.5) is 0 Å². The average molecular weight is 481 g/mol. The fourth-order valence-corrected chi connectivity index (χ4v) is 4.54. The molecule has 0 amide bonds. The lowest BCUT2D eigenvalue weighted by Crippen LogP contribution is -2.45. The molecular weight excluding hydrogens is 456 g/mol. The zero-order valence-electron chi connectivity index (χ0n) is 18.3. The van der Waals surface area contributed by atoms with Crippen molar-refractivity contribution in [2.45, 2.75) is 31.5 Å². The third-order valence-electron chi connectivity index (χ3n) is 6.11. The van der Waals surface area contributed by atoms with Crippen LogP contribution in [0.25, 0.3) is 33.4 Å². The van der Waals surface area contributed by atoms with Crippen molar-refractivity contribution in [3.8, 4) is 28.3 Å². The highest BCUT2D eigenvalue weighted by atomic mass is 35.5. The van der Waals surface area contributed by atoms with Gasteiger partial charge in [0.1, 0.15) is 18.9 Å². The number of hydrogen-bond acceptors (Lipinski definition) is 6. The zero-order valence-corrected chi connectivity index (χ0v) is 19.1. The van der Waals surface area contributed by atoms with Crippen LogP contribution >= 0.6 is 11.6 Å². The lowest BCUT2D eigenvalue weighted by molar-refractivity contribution is -0.132. The van der Waals surface area contributed by atoms with E-state index < -0.39 is 18.3 Å². The maximum absolute atomic E-state index is 10.1. The van der Waals surface area contributed by atoms with Crippen molar-refractivity contribution in [3.63, 3.8) is 0 Å². The second-order valence-electron chi connectivity index (χ2n) is 8.32. The molecule has 3 atom stereocenters. The van der Waals surface area contributed by atoms with Crippen molar-refractivity contribution < 1.29 is 24.8 Å². The number of hydrogen-bond donors (Lipinski definition) is 3. The summed E-state index contributed by atoms with van der Waals surface area (Å²) in [6.07, 6.45) is -1.55. The maximum Gasteiger partial charge on any atom is 0.198 e. The van der Waals surface area contributed by atoms with E-state index in [2.05, 4.69) is 12.1 Å². The number of rotatable bonds is 6. The van der Waals surface area contributed by atoms with Crippen LogP contribution < -0.4 is 4.74 Å². The smallest absolute Gasteiger partial charge is 0.198 e. The molecule has 2 aromatic heterocycles. The summed E-state index contributed by atoms with van der Waals surface area (Å²) in [5, 5.41) is 29.8. The van der Waals surface area contributed by atoms with Crippen LogP contribution in [0.15, 0.2) is 66.7 Å². The number of halogens is 1. The molecule has 3 N–H and O–H groups in total. The van der Waals surface area contributed by atoms with E-state index in [4.69, 9.17) is 26.1 Å². The Morgan fingerprint density at radius 3 is 2.38 bits per heavy atom. The third kappa shape index (κ3) is 4.41. The number of ether oxygens (including phenoxy) is 2. The number of fused-ring (bicyclic) bond motifs is 1. The van der Waals surface area contributed by atoms with E-state index in [9.17, 15) is 15.3 Å². The Bertz CT molecular complexity index is 1280. The Kier molecular flexibility index (Phi) is 6.54. The minimum Gasteiger partial charge on any atom is -0.473 e. The summed E-state index contributed by atoms with van der Waals surface area (Å²) in [7, 11) is 0. The molecule has 1 saturated heterocycles. The van der Waals surface area contributed by atoms with Crippen molar-refractivity contribution in [1.82, 2.24) is 9.55 Å². The summed E-state index contributed by atoms with van der Waals surface area (Å²) in [5.74, 6) is 0.404. The van der Waals surface area contributed by atoms with E-state index >= 15 is 0 Å². The summed E-state index contributed by atoms with van der Waals surface area (Å²) in [6.45, 7) is -0.345. The molecule has 1 aliphatic heterocycles. The molecule has 3 heterocycles. The molecule has 0 saturated carbocycles. The molecule has 8 heteroatoms. The van der Waals surface area contributed by atoms with Gasteiger partial charge >= 0.3 is 0 Å². The molecule has 0 unspecified atom stereocenters. The molecule has 4 aromatic rings. The Morgan fingerprint density at radius 2 is 1.71 bits per heavy atom. The number of aliphatic hydroxyl groups excluding tert-OH is 3. The van der Waals surface area contributed by atoms with Crippen molar-refractivity contribution in [2.75, 3.05) is 13.2 Å². The highest BCUT2D eigenvalue weighted by Gasteiger charge is 2.31. The van der Waals surface area contributed by atoms with E-state index in [-0.39, 0.29) is 19.9 Å². The molecule has 0 bridgehead atoms. The fraction of sp³-hybridized carbons (Fsp3) is 0.269. The van der Waals surface area contributed by atoms with Gasteiger partial charge in [0.25, 0.3) is 0 Å². The number of aliphatic hydroxyl groups is 3. The Balaban J connectivity index is 1.44. The highest BCUT2D eigenvalue weighted by molar-refractivity contribution is 6.33. The normalized spacial score (nSPS) is 20.5. The molecule has 0 aliphatic carbocycles. The third-order valence-corrected chi connectivity index (χ3v) is 6.39. The van der Waals surface area contributed by atoms with Gasteiger partial charge in [-0.05, 0) is 17.2 Å². The lowest BCUT2D eigenvalue weighted by atomic mass is 10.0. The molecule has 0 radical (unpaired) electrons. The molecule has 7 nitrogen and oxygen atoms in total. The number of pyridine rings is 1. The molecule has 5 rings (SSSR count). The molecule has 176 valence electrons. The van der Waals surface area contributed by atoms with Crippen molar-refractivity contribution >= 4 is 22.6 Å². The number of benzene rings is 2. The summed E-state index contributed by atoms with van der Waals surface area (Å²) >= 11 is 6.60. The predicted molar refractivity (Wildman–Crippen MR) is 130 cm³/mol. The monoisotopic (exact) mass is 480 g/mol. The second-order valence-corrected chi connectivity index (χ2v) is 8.72. The SMILES string of the molecule is OC[C@H]1OC[C@H](Oc2cc3nc(-c4ccc(-c5ccccc5)cc4)c(Cl)cc3n2CO)C[C@@H]1O. The van der Waals surface area contributed by atoms with E-state index in [1.165, 1.54) is 0 Å². The maximum atomic E-state index is 10.1. The molecule has 1 fully saturated rings. The minimum atomic E-state index is -0.825. The molecule has 2 aromatic carbocycles. The summed E-state index contributed by atoms with van der Waals surface area (Å²) in [5.41, 5.74) is 5.01. The average Bonchev–Trinajstić information content (AvgIpc) is 3.20. The van der Waals surface area contributed by atoms with E-state index in [0.717, 1.165) is 16.7 Å². The summed E-state index contributed by atoms with van der Waals surface area (Å²) < 4.78 is 13.1. The van der Waals surface area contributed by atoms with Crippen LogP contribution in [0.5, 0.6) is 5.88 Å². The second kappa shape index (κ2) is 9.74. The van der Waals surface area contributed by atoms with Crippen LogP contribution in [-0.2, 0) is 11.5 Å². The highest BCUT2D eigenvalue weighted by Crippen LogP contribution is 2.34. The first-order valence-electron chi connectivity index (χ1n) is 11.1. The topological polar surface area (TPSA) is 97.0 Å². The molecule has 1 aliphatic rings. The first-order chi connectivity index (χ1) is 16.6. The summed E-state index contributed by atoms with van der Waals surface area (Å²) in [4.78, 5) is 4.75. The first-order valence-corrected chi connectivity index (χ1v) is 11.5. The Morgan fingerprint density at radius 1 is 1.00 bits per heavy atom. The lowest BCUT2D eigenvalue weighted by Gasteiger charge is -2.32. The van der Waals surface area contributed by atoms with Gasteiger partial charge in [0.2, 0.25) is 0 Å². The molecule has 34 heavy (non-hydrogen) atoms. The van der Waals surface area contributed by atoms with Gasteiger partial charge in [-0.25, -0.2) is 4.98 Å². The van der Waals surface area contributed by atoms with Gasteiger partial charge in [0, 0.05) is 18.1 Å². The quantitative estimate of drug-likeness (QED) is 0.388. The van der Waals surface area contributed by atoms with Gasteiger partial charge in [0.15, 0.2) is 5.88 Å². The van der Waals surface area contributed by atoms with Crippen molar-refractivity contribution in [1.29, 1.82) is 0 Å². The van der Waals surface area contributed by atoms with Gasteiger partial charge in [-0.3, -0.25) is 4.57 Å². The van der Waals surface area contributed by atoms with E-state index in [1.807, 2.05) is 42.5 Å². The van der Waals surface area contributed by atoms with E-state index in [1.54, 1.807) is 16.7 Å². The fourth-order valence-electron chi connectivity index (χ4n) is 4.29. The van der Waals surface area contributed by atoms with Crippen LogP contribution in [0.3, 0.4) is 0 Å². The van der Waals surface area contributed by atoms with Gasteiger partial charge in [-0.1, -0.05) is 66.2 Å². The molecule has 0 spiro atoms. The Hall–Kier alpha value is -2.94. The van der Waals surface area contributed by atoms with Crippen LogP contribution in [0.2, 0.25) is 5.02 Å². The van der Waals surface area contributed by atoms with Gasteiger partial charge in [-0.2, -0.15) is 0 Å². The number of aromatic nitrogens is 2. The Labute approximate surface area is 201 Å². The number of nitrogens with zero attached hydrogens (tertiary/aromatic N) is 2. The van der Waals surface area contributed by atoms with Gasteiger partial charge in [0.05, 0.1) is 41.1 Å². The van der Waals surface area contributed by atoms with Gasteiger partial charge < -0.3 is 24.8 Å². The first kappa shape index (κ1) is 22.8. The van der Waals surface area contributed by atoms with Gasteiger partial charge in [-0.15, -0.1) is 0 Å². The van der Waals surface area contributed by atoms with Crippen molar-refractivity contribution in [3.05, 3.63) is 71.8 Å². The molecular formula is C26H25ClN2O5. The standard InChI is InChI=1S/C26H25ClN2O5/c27-20-11-22-21(12-25(29(22)15-31)34-19-10-23(32)24(13-30)33-14-19)28-26(20)18-8-6-17(7-9-18)16-4-2-1-3-5-16/h1-9,11-12,19,23-24,30-32H,10,13-15H2/t19-,23+,24-/m1/s1. The summed E-state index contributed by atoms with van der Waals surface area (Å²) in [6, 6.07) is 21.7. The van der Waals surface area contributed by atoms with Crippen LogP contribution in [-0.4, -0.2) is 56.4 Å². The minimum absolute atomic E-state index is 0.225. The van der Waals surface area contributed by atoms with E-state index in [0.29, 0.717) is 34.1 Å². The van der Waals surface area contributed by atoms with Crippen molar-refractivity contribution in [2.24, 2.45) is 0 Å².